The van der Waals surface area contributed by atoms with Crippen molar-refractivity contribution in [3.8, 4) is 5.75 Å². The van der Waals surface area contributed by atoms with Crippen molar-refractivity contribution >= 4 is 21.6 Å². The molecule has 2 heterocycles. The predicted molar refractivity (Wildman–Crippen MR) is 91.2 cm³/mol. The highest BCUT2D eigenvalue weighted by molar-refractivity contribution is 7.89. The Bertz CT molecular complexity index is 801. The molecule has 142 valence electrons. The molecular weight excluding hydrogens is 364 g/mol. The number of anilines is 1. The van der Waals surface area contributed by atoms with Crippen LogP contribution in [0.5, 0.6) is 5.75 Å². The van der Waals surface area contributed by atoms with E-state index in [1.807, 2.05) is 0 Å². The fraction of sp³-hybridized carbons (Fsp3) is 0.438. The van der Waals surface area contributed by atoms with Gasteiger partial charge in [-0.15, -0.1) is 0 Å². The summed E-state index contributed by atoms with van der Waals surface area (Å²) in [5, 5.41) is 2.60. The average molecular weight is 384 g/mol. The Morgan fingerprint density at radius 1 is 1.19 bits per heavy atom. The Kier molecular flexibility index (Phi) is 5.64. The standard InChI is InChI=1S/C16H20N2O7S/c1-22-13-3-2-12(17-16(19)14-11-24-8-9-25-14)10-15(13)26(20,21)18-4-6-23-7-5-18/h2-3,10-11H,4-9H2,1H3,(H,17,19). The second-order valence-corrected chi connectivity index (χ2v) is 7.44. The molecule has 1 aromatic rings. The number of nitrogens with zero attached hydrogens (tertiary/aromatic N) is 1. The zero-order valence-electron chi connectivity index (χ0n) is 14.3. The molecule has 0 saturated carbocycles. The molecule has 1 aromatic carbocycles. The minimum atomic E-state index is -3.78. The summed E-state index contributed by atoms with van der Waals surface area (Å²) in [5.74, 6) is -0.291. The SMILES string of the molecule is COc1ccc(NC(=O)C2=COCCO2)cc1S(=O)(=O)N1CCOCC1. The summed E-state index contributed by atoms with van der Waals surface area (Å²) in [6.45, 7) is 1.85. The number of nitrogens with one attached hydrogen (secondary N) is 1. The van der Waals surface area contributed by atoms with E-state index in [0.29, 0.717) is 25.5 Å². The second kappa shape index (κ2) is 7.94. The van der Waals surface area contributed by atoms with E-state index >= 15 is 0 Å². The van der Waals surface area contributed by atoms with Gasteiger partial charge in [-0.1, -0.05) is 0 Å². The highest BCUT2D eigenvalue weighted by Gasteiger charge is 2.29. The maximum atomic E-state index is 12.9. The lowest BCUT2D eigenvalue weighted by molar-refractivity contribution is -0.117. The largest absolute Gasteiger partial charge is 0.495 e. The summed E-state index contributed by atoms with van der Waals surface area (Å²) in [5.41, 5.74) is 0.303. The van der Waals surface area contributed by atoms with Crippen LogP contribution in [-0.2, 0) is 29.0 Å². The second-order valence-electron chi connectivity index (χ2n) is 5.54. The Hall–Kier alpha value is -2.30. The minimum absolute atomic E-state index is 0.0190. The first-order chi connectivity index (χ1) is 12.5. The van der Waals surface area contributed by atoms with E-state index in [2.05, 4.69) is 5.32 Å². The van der Waals surface area contributed by atoms with E-state index in [9.17, 15) is 13.2 Å². The molecule has 10 heteroatoms. The van der Waals surface area contributed by atoms with Gasteiger partial charge in [0.05, 0.1) is 20.3 Å². The monoisotopic (exact) mass is 384 g/mol. The molecule has 26 heavy (non-hydrogen) atoms. The molecule has 1 amide bonds. The number of rotatable bonds is 5. The molecule has 0 unspecified atom stereocenters. The van der Waals surface area contributed by atoms with Gasteiger partial charge >= 0.3 is 0 Å². The van der Waals surface area contributed by atoms with Gasteiger partial charge in [-0.3, -0.25) is 4.79 Å². The van der Waals surface area contributed by atoms with E-state index in [-0.39, 0.29) is 36.1 Å². The molecule has 1 N–H and O–H groups in total. The number of sulfonamides is 1. The Morgan fingerprint density at radius 2 is 1.96 bits per heavy atom. The van der Waals surface area contributed by atoms with Gasteiger partial charge in [0.2, 0.25) is 15.8 Å². The van der Waals surface area contributed by atoms with Crippen LogP contribution >= 0.6 is 0 Å². The minimum Gasteiger partial charge on any atom is -0.495 e. The topological polar surface area (TPSA) is 103 Å². The average Bonchev–Trinajstić information content (AvgIpc) is 2.69. The third kappa shape index (κ3) is 3.92. The number of amides is 1. The van der Waals surface area contributed by atoms with Crippen LogP contribution in [0.2, 0.25) is 0 Å². The maximum Gasteiger partial charge on any atom is 0.294 e. The van der Waals surface area contributed by atoms with Gasteiger partial charge < -0.3 is 24.3 Å². The summed E-state index contributed by atoms with van der Waals surface area (Å²) in [7, 11) is -2.39. The third-order valence-corrected chi connectivity index (χ3v) is 5.80. The molecule has 0 bridgehead atoms. The number of hydrogen-bond donors (Lipinski definition) is 1. The number of morpholine rings is 1. The normalized spacial score (nSPS) is 18.3. The quantitative estimate of drug-likeness (QED) is 0.790. The molecule has 0 aromatic heterocycles. The summed E-state index contributed by atoms with van der Waals surface area (Å²) < 4.78 is 47.8. The molecule has 1 fully saturated rings. The summed E-state index contributed by atoms with van der Waals surface area (Å²) >= 11 is 0. The Morgan fingerprint density at radius 3 is 2.62 bits per heavy atom. The van der Waals surface area contributed by atoms with Crippen LogP contribution < -0.4 is 10.1 Å². The molecule has 0 atom stereocenters. The lowest BCUT2D eigenvalue weighted by Crippen LogP contribution is -2.40. The molecule has 9 nitrogen and oxygen atoms in total. The first kappa shape index (κ1) is 18.5. The third-order valence-electron chi connectivity index (χ3n) is 3.88. The van der Waals surface area contributed by atoms with Gasteiger partial charge in [-0.05, 0) is 18.2 Å². The molecule has 0 aliphatic carbocycles. The van der Waals surface area contributed by atoms with Crippen LogP contribution in [0.3, 0.4) is 0 Å². The number of methoxy groups -OCH3 is 1. The van der Waals surface area contributed by atoms with Crippen LogP contribution in [0.25, 0.3) is 0 Å². The molecule has 1 saturated heterocycles. The number of ether oxygens (including phenoxy) is 4. The van der Waals surface area contributed by atoms with Crippen molar-refractivity contribution in [3.05, 3.63) is 30.2 Å². The molecule has 0 spiro atoms. The maximum absolute atomic E-state index is 12.9. The van der Waals surface area contributed by atoms with E-state index in [1.54, 1.807) is 6.07 Å². The lowest BCUT2D eigenvalue weighted by atomic mass is 10.3. The fourth-order valence-electron chi connectivity index (χ4n) is 2.56. The van der Waals surface area contributed by atoms with Crippen LogP contribution in [0, 0.1) is 0 Å². The van der Waals surface area contributed by atoms with Crippen molar-refractivity contribution in [2.75, 3.05) is 51.9 Å². The number of carbonyl (C=O) groups excluding carboxylic acids is 1. The van der Waals surface area contributed by atoms with Crippen LogP contribution in [0.4, 0.5) is 5.69 Å². The van der Waals surface area contributed by atoms with Crippen LogP contribution in [0.15, 0.2) is 35.1 Å². The Labute approximate surface area is 151 Å². The number of benzene rings is 1. The van der Waals surface area contributed by atoms with E-state index < -0.39 is 15.9 Å². The van der Waals surface area contributed by atoms with Crippen molar-refractivity contribution in [1.82, 2.24) is 4.31 Å². The van der Waals surface area contributed by atoms with Gasteiger partial charge in [-0.2, -0.15) is 4.31 Å². The summed E-state index contributed by atoms with van der Waals surface area (Å²) in [6, 6.07) is 4.42. The zero-order valence-corrected chi connectivity index (χ0v) is 15.1. The van der Waals surface area contributed by atoms with Crippen molar-refractivity contribution < 1.29 is 32.2 Å². The molecule has 0 radical (unpaired) electrons. The van der Waals surface area contributed by atoms with E-state index in [1.165, 1.54) is 29.8 Å². The highest BCUT2D eigenvalue weighted by atomic mass is 32.2. The summed E-state index contributed by atoms with van der Waals surface area (Å²) in [4.78, 5) is 12.2. The van der Waals surface area contributed by atoms with Gasteiger partial charge in [0.15, 0.2) is 0 Å². The van der Waals surface area contributed by atoms with Crippen molar-refractivity contribution in [2.45, 2.75) is 4.90 Å². The smallest absolute Gasteiger partial charge is 0.294 e. The van der Waals surface area contributed by atoms with Gasteiger partial charge in [-0.25, -0.2) is 8.42 Å². The summed E-state index contributed by atoms with van der Waals surface area (Å²) in [6.07, 6.45) is 1.23. The molecule has 2 aliphatic rings. The zero-order chi connectivity index (χ0) is 18.6. The van der Waals surface area contributed by atoms with Crippen molar-refractivity contribution in [3.63, 3.8) is 0 Å². The van der Waals surface area contributed by atoms with E-state index in [4.69, 9.17) is 18.9 Å². The first-order valence-electron chi connectivity index (χ1n) is 8.04. The lowest BCUT2D eigenvalue weighted by Gasteiger charge is -2.26. The van der Waals surface area contributed by atoms with Crippen LogP contribution in [-0.4, -0.2) is 65.3 Å². The molecular formula is C16H20N2O7S. The van der Waals surface area contributed by atoms with Crippen molar-refractivity contribution in [1.29, 1.82) is 0 Å². The van der Waals surface area contributed by atoms with Crippen LogP contribution in [0.1, 0.15) is 0 Å². The Balaban J connectivity index is 1.86. The fourth-order valence-corrected chi connectivity index (χ4v) is 4.15. The van der Waals surface area contributed by atoms with Gasteiger partial charge in [0, 0.05) is 18.8 Å². The van der Waals surface area contributed by atoms with Gasteiger partial charge in [0.1, 0.15) is 30.1 Å². The molecule has 2 aliphatic heterocycles. The number of hydrogen-bond acceptors (Lipinski definition) is 7. The van der Waals surface area contributed by atoms with E-state index in [0.717, 1.165) is 0 Å². The highest BCUT2D eigenvalue weighted by Crippen LogP contribution is 2.30. The first-order valence-corrected chi connectivity index (χ1v) is 9.48. The number of carbonyl (C=O) groups is 1. The van der Waals surface area contributed by atoms with Gasteiger partial charge in [0.25, 0.3) is 5.91 Å². The predicted octanol–water partition coefficient (Wildman–Crippen LogP) is 0.543. The van der Waals surface area contributed by atoms with Crippen molar-refractivity contribution in [2.24, 2.45) is 0 Å². The molecule has 3 rings (SSSR count).